The van der Waals surface area contributed by atoms with Crippen molar-refractivity contribution in [2.24, 2.45) is 5.73 Å². The Labute approximate surface area is 156 Å². The van der Waals surface area contributed by atoms with E-state index >= 15 is 0 Å². The first-order valence-electron chi connectivity index (χ1n) is 9.09. The molecular weight excluding hydrogens is 336 g/mol. The lowest BCUT2D eigenvalue weighted by molar-refractivity contribution is -0.00153. The van der Waals surface area contributed by atoms with Crippen LogP contribution in [0.5, 0.6) is 0 Å². The molecule has 7 heteroatoms. The lowest BCUT2D eigenvalue weighted by Crippen LogP contribution is -2.17. The number of nitrogens with two attached hydrogens (primary N) is 1. The zero-order valence-corrected chi connectivity index (χ0v) is 15.7. The molecule has 26 heavy (non-hydrogen) atoms. The van der Waals surface area contributed by atoms with Gasteiger partial charge in [0.05, 0.1) is 46.2 Å². The molecule has 0 spiro atoms. The minimum atomic E-state index is -0.387. The lowest BCUT2D eigenvalue weighted by atomic mass is 10.0. The second-order valence-corrected chi connectivity index (χ2v) is 5.68. The van der Waals surface area contributed by atoms with Gasteiger partial charge in [0.25, 0.3) is 0 Å². The first kappa shape index (κ1) is 22.5. The third-order valence-electron chi connectivity index (χ3n) is 3.63. The molecule has 0 fully saturated rings. The van der Waals surface area contributed by atoms with Gasteiger partial charge in [-0.25, -0.2) is 0 Å². The number of likely N-dealkylation sites (N-methyl/N-ethyl adjacent to an activating group) is 1. The van der Waals surface area contributed by atoms with Gasteiger partial charge in [-0.15, -0.1) is 0 Å². The number of amides is 1. The summed E-state index contributed by atoms with van der Waals surface area (Å²) in [6.45, 7) is 5.54. The molecule has 0 radical (unpaired) electrons. The van der Waals surface area contributed by atoms with E-state index in [1.165, 1.54) is 0 Å². The average molecular weight is 368 g/mol. The number of primary amides is 1. The normalized spacial score (nSPS) is 11.0. The molecule has 1 aromatic carbocycles. The number of benzene rings is 1. The van der Waals surface area contributed by atoms with Crippen molar-refractivity contribution in [2.45, 2.75) is 12.8 Å². The fraction of sp³-hybridized carbons (Fsp3) is 0.632. The summed E-state index contributed by atoms with van der Waals surface area (Å²) in [5.74, 6) is -0.387. The number of ether oxygens (including phenoxy) is 4. The number of nitrogens with one attached hydrogen (secondary N) is 1. The molecule has 0 heterocycles. The Kier molecular flexibility index (Phi) is 13.6. The van der Waals surface area contributed by atoms with Gasteiger partial charge < -0.3 is 30.0 Å². The Morgan fingerprint density at radius 2 is 1.42 bits per heavy atom. The van der Waals surface area contributed by atoms with Crippen molar-refractivity contribution in [3.8, 4) is 0 Å². The molecule has 0 unspecified atom stereocenters. The summed E-state index contributed by atoms with van der Waals surface area (Å²) in [4.78, 5) is 11.3. The number of carbonyl (C=O) groups is 1. The zero-order chi connectivity index (χ0) is 18.9. The van der Waals surface area contributed by atoms with Crippen LogP contribution in [0.1, 0.15) is 22.3 Å². The molecule has 0 atom stereocenters. The molecule has 1 rings (SSSR count). The van der Waals surface area contributed by atoms with Crippen LogP contribution < -0.4 is 11.1 Å². The van der Waals surface area contributed by atoms with Crippen molar-refractivity contribution in [3.63, 3.8) is 0 Å². The fourth-order valence-electron chi connectivity index (χ4n) is 2.28. The van der Waals surface area contributed by atoms with E-state index in [1.807, 2.05) is 25.2 Å². The number of rotatable bonds is 17. The summed E-state index contributed by atoms with van der Waals surface area (Å²) in [6.07, 6.45) is 1.60. The van der Waals surface area contributed by atoms with Crippen molar-refractivity contribution >= 4 is 5.91 Å². The van der Waals surface area contributed by atoms with Crippen LogP contribution in [0.4, 0.5) is 0 Å². The van der Waals surface area contributed by atoms with Gasteiger partial charge in [0.1, 0.15) is 0 Å². The van der Waals surface area contributed by atoms with Crippen molar-refractivity contribution < 1.29 is 23.7 Å². The summed E-state index contributed by atoms with van der Waals surface area (Å²) in [6, 6.07) is 7.41. The van der Waals surface area contributed by atoms with E-state index in [0.29, 0.717) is 58.4 Å². The van der Waals surface area contributed by atoms with E-state index in [9.17, 15) is 4.79 Å². The Balaban J connectivity index is 1.88. The summed E-state index contributed by atoms with van der Waals surface area (Å²) in [7, 11) is 1.89. The average Bonchev–Trinajstić information content (AvgIpc) is 2.65. The van der Waals surface area contributed by atoms with Gasteiger partial charge in [-0.2, -0.15) is 0 Å². The van der Waals surface area contributed by atoms with E-state index in [4.69, 9.17) is 24.7 Å². The van der Waals surface area contributed by atoms with Crippen LogP contribution in [0, 0.1) is 0 Å². The molecule has 0 aliphatic rings. The quantitative estimate of drug-likeness (QED) is 0.399. The third-order valence-corrected chi connectivity index (χ3v) is 3.63. The first-order valence-corrected chi connectivity index (χ1v) is 9.09. The molecule has 0 bridgehead atoms. The second kappa shape index (κ2) is 15.7. The van der Waals surface area contributed by atoms with E-state index in [2.05, 4.69) is 5.32 Å². The van der Waals surface area contributed by atoms with Gasteiger partial charge in [0.2, 0.25) is 5.91 Å². The molecule has 0 saturated carbocycles. The van der Waals surface area contributed by atoms with Crippen molar-refractivity contribution in [3.05, 3.63) is 35.4 Å². The van der Waals surface area contributed by atoms with E-state index in [-0.39, 0.29) is 5.91 Å². The van der Waals surface area contributed by atoms with Crippen molar-refractivity contribution in [1.29, 1.82) is 0 Å². The summed E-state index contributed by atoms with van der Waals surface area (Å²) < 4.78 is 21.7. The van der Waals surface area contributed by atoms with Gasteiger partial charge in [0, 0.05) is 18.7 Å². The number of hydrogen-bond acceptors (Lipinski definition) is 6. The van der Waals surface area contributed by atoms with Crippen LogP contribution in [0.3, 0.4) is 0 Å². The van der Waals surface area contributed by atoms with Crippen LogP contribution in [-0.2, 0) is 25.4 Å². The maximum atomic E-state index is 11.3. The van der Waals surface area contributed by atoms with Crippen molar-refractivity contribution in [2.75, 3.05) is 66.4 Å². The molecule has 148 valence electrons. The highest BCUT2D eigenvalue weighted by Gasteiger charge is 2.06. The van der Waals surface area contributed by atoms with Gasteiger partial charge in [-0.1, -0.05) is 18.2 Å². The largest absolute Gasteiger partial charge is 0.379 e. The lowest BCUT2D eigenvalue weighted by Gasteiger charge is -2.08. The standard InChI is InChI=1S/C19H32N2O5/c1-21-8-10-24-12-14-26-16-15-25-13-11-23-9-4-6-17-5-2-3-7-18(17)19(20)22/h2-3,5,7,21H,4,6,8-16H2,1H3,(H2,20,22). The maximum absolute atomic E-state index is 11.3. The predicted octanol–water partition coefficient (Wildman–Crippen LogP) is 1.00. The molecule has 3 N–H and O–H groups in total. The molecule has 0 aromatic heterocycles. The Hall–Kier alpha value is -1.51. The Morgan fingerprint density at radius 1 is 0.885 bits per heavy atom. The number of aryl methyl sites for hydroxylation is 1. The van der Waals surface area contributed by atoms with E-state index in [1.54, 1.807) is 6.07 Å². The second-order valence-electron chi connectivity index (χ2n) is 5.68. The SMILES string of the molecule is CNCCOCCOCCOCCOCCCc1ccccc1C(N)=O. The summed E-state index contributed by atoms with van der Waals surface area (Å²) >= 11 is 0. The Bertz CT molecular complexity index is 485. The highest BCUT2D eigenvalue weighted by Crippen LogP contribution is 2.10. The summed E-state index contributed by atoms with van der Waals surface area (Å²) in [5, 5.41) is 3.01. The first-order chi connectivity index (χ1) is 12.8. The molecule has 1 aromatic rings. The Morgan fingerprint density at radius 3 is 2.00 bits per heavy atom. The third kappa shape index (κ3) is 11.2. The molecule has 0 saturated heterocycles. The minimum absolute atomic E-state index is 0.387. The van der Waals surface area contributed by atoms with Gasteiger partial charge >= 0.3 is 0 Å². The highest BCUT2D eigenvalue weighted by atomic mass is 16.6. The van der Waals surface area contributed by atoms with E-state index in [0.717, 1.165) is 24.9 Å². The number of carbonyl (C=O) groups excluding carboxylic acids is 1. The number of hydrogen-bond donors (Lipinski definition) is 2. The van der Waals surface area contributed by atoms with Crippen LogP contribution in [-0.4, -0.2) is 72.4 Å². The predicted molar refractivity (Wildman–Crippen MR) is 100 cm³/mol. The van der Waals surface area contributed by atoms with E-state index < -0.39 is 0 Å². The van der Waals surface area contributed by atoms with Gasteiger partial charge in [-0.05, 0) is 31.5 Å². The van der Waals surface area contributed by atoms with Gasteiger partial charge in [-0.3, -0.25) is 4.79 Å². The minimum Gasteiger partial charge on any atom is -0.379 e. The highest BCUT2D eigenvalue weighted by molar-refractivity contribution is 5.94. The van der Waals surface area contributed by atoms with Crippen LogP contribution in [0.15, 0.2) is 24.3 Å². The van der Waals surface area contributed by atoms with Crippen LogP contribution in [0.2, 0.25) is 0 Å². The molecule has 0 aliphatic heterocycles. The topological polar surface area (TPSA) is 92.0 Å². The zero-order valence-electron chi connectivity index (χ0n) is 15.7. The van der Waals surface area contributed by atoms with Crippen LogP contribution in [0.25, 0.3) is 0 Å². The van der Waals surface area contributed by atoms with Gasteiger partial charge in [0.15, 0.2) is 0 Å². The summed E-state index contributed by atoms with van der Waals surface area (Å²) in [5.41, 5.74) is 6.92. The molecule has 7 nitrogen and oxygen atoms in total. The van der Waals surface area contributed by atoms with Crippen LogP contribution >= 0.6 is 0 Å². The smallest absolute Gasteiger partial charge is 0.248 e. The molecular formula is C19H32N2O5. The molecule has 0 aliphatic carbocycles. The molecule has 1 amide bonds. The maximum Gasteiger partial charge on any atom is 0.248 e. The van der Waals surface area contributed by atoms with Crippen molar-refractivity contribution in [1.82, 2.24) is 5.32 Å². The fourth-order valence-corrected chi connectivity index (χ4v) is 2.28. The monoisotopic (exact) mass is 368 g/mol.